The Balaban J connectivity index is 1.82. The molecule has 0 saturated carbocycles. The number of fused-ring (bicyclic) bond motifs is 1. The molecule has 0 spiro atoms. The summed E-state index contributed by atoms with van der Waals surface area (Å²) in [6, 6.07) is 6.41. The number of hydrogen-bond acceptors (Lipinski definition) is 5. The lowest BCUT2D eigenvalue weighted by Gasteiger charge is -2.16. The Morgan fingerprint density at radius 1 is 1.28 bits per heavy atom. The number of aromatic carboxylic acids is 1. The van der Waals surface area contributed by atoms with Crippen LogP contribution in [0.2, 0.25) is 0 Å². The van der Waals surface area contributed by atoms with Gasteiger partial charge in [-0.1, -0.05) is 13.8 Å². The van der Waals surface area contributed by atoms with E-state index in [0.717, 1.165) is 17.5 Å². The molecule has 1 aliphatic heterocycles. The molecule has 7 heteroatoms. The SMILES string of the molecule is CC(C)COCc1cc(C(=O)Nc2ccc(C(=O)O)cn2)cc2c1CC(C)(C)O2. The summed E-state index contributed by atoms with van der Waals surface area (Å²) in [4.78, 5) is 27.7. The van der Waals surface area contributed by atoms with Crippen molar-refractivity contribution >= 4 is 17.7 Å². The normalized spacial score (nSPS) is 14.4. The highest BCUT2D eigenvalue weighted by Crippen LogP contribution is 2.38. The summed E-state index contributed by atoms with van der Waals surface area (Å²) in [6.45, 7) is 9.24. The Morgan fingerprint density at radius 2 is 2.03 bits per heavy atom. The third kappa shape index (κ3) is 5.12. The van der Waals surface area contributed by atoms with Crippen molar-refractivity contribution in [3.05, 3.63) is 52.7 Å². The summed E-state index contributed by atoms with van der Waals surface area (Å²) in [5.74, 6) is -0.0250. The first kappa shape index (κ1) is 20.8. The van der Waals surface area contributed by atoms with Crippen molar-refractivity contribution in [2.24, 2.45) is 5.92 Å². The molecule has 1 amide bonds. The zero-order chi connectivity index (χ0) is 21.2. The van der Waals surface area contributed by atoms with Gasteiger partial charge in [0.1, 0.15) is 17.2 Å². The lowest BCUT2D eigenvalue weighted by molar-refractivity contribution is 0.0696. The van der Waals surface area contributed by atoms with Gasteiger partial charge in [-0.3, -0.25) is 4.79 Å². The lowest BCUT2D eigenvalue weighted by atomic mass is 9.96. The molecule has 1 aliphatic rings. The highest BCUT2D eigenvalue weighted by atomic mass is 16.5. The average Bonchev–Trinajstić information content (AvgIpc) is 2.95. The second-order valence-electron chi connectivity index (χ2n) is 8.25. The van der Waals surface area contributed by atoms with Gasteiger partial charge in [-0.25, -0.2) is 9.78 Å². The van der Waals surface area contributed by atoms with Gasteiger partial charge in [0.05, 0.1) is 12.2 Å². The first-order valence-corrected chi connectivity index (χ1v) is 9.58. The molecule has 0 atom stereocenters. The molecular formula is C22H26N2O5. The van der Waals surface area contributed by atoms with Gasteiger partial charge in [0.15, 0.2) is 0 Å². The van der Waals surface area contributed by atoms with Gasteiger partial charge >= 0.3 is 5.97 Å². The molecule has 3 rings (SSSR count). The molecule has 2 aromatic rings. The average molecular weight is 398 g/mol. The van der Waals surface area contributed by atoms with Crippen LogP contribution in [-0.4, -0.2) is 34.2 Å². The minimum absolute atomic E-state index is 0.0562. The summed E-state index contributed by atoms with van der Waals surface area (Å²) in [7, 11) is 0. The van der Waals surface area contributed by atoms with Crippen LogP contribution in [0.25, 0.3) is 0 Å². The van der Waals surface area contributed by atoms with Gasteiger partial charge in [0, 0.05) is 30.4 Å². The van der Waals surface area contributed by atoms with Crippen LogP contribution in [0.1, 0.15) is 59.5 Å². The maximum Gasteiger partial charge on any atom is 0.337 e. The fourth-order valence-electron chi connectivity index (χ4n) is 3.20. The van der Waals surface area contributed by atoms with Crippen LogP contribution >= 0.6 is 0 Å². The quantitative estimate of drug-likeness (QED) is 0.734. The molecule has 0 fully saturated rings. The second kappa shape index (κ2) is 8.21. The first-order valence-electron chi connectivity index (χ1n) is 9.58. The number of benzene rings is 1. The van der Waals surface area contributed by atoms with E-state index in [9.17, 15) is 9.59 Å². The monoisotopic (exact) mass is 398 g/mol. The van der Waals surface area contributed by atoms with E-state index in [2.05, 4.69) is 24.1 Å². The number of carboxylic acid groups (broad SMARTS) is 1. The van der Waals surface area contributed by atoms with Crippen molar-refractivity contribution in [1.29, 1.82) is 0 Å². The van der Waals surface area contributed by atoms with Crippen molar-refractivity contribution in [3.63, 3.8) is 0 Å². The fraction of sp³-hybridized carbons (Fsp3) is 0.409. The number of ether oxygens (including phenoxy) is 2. The Bertz CT molecular complexity index is 920. The molecule has 0 bridgehead atoms. The van der Waals surface area contributed by atoms with E-state index < -0.39 is 5.97 Å². The Morgan fingerprint density at radius 3 is 2.66 bits per heavy atom. The number of amides is 1. The molecule has 29 heavy (non-hydrogen) atoms. The molecule has 2 heterocycles. The predicted molar refractivity (Wildman–Crippen MR) is 108 cm³/mol. The van der Waals surface area contributed by atoms with Crippen molar-refractivity contribution in [1.82, 2.24) is 4.98 Å². The van der Waals surface area contributed by atoms with E-state index in [-0.39, 0.29) is 22.9 Å². The Hall–Kier alpha value is -2.93. The zero-order valence-electron chi connectivity index (χ0n) is 17.1. The molecule has 2 N–H and O–H groups in total. The molecule has 7 nitrogen and oxygen atoms in total. The van der Waals surface area contributed by atoms with Gasteiger partial charge in [-0.05, 0) is 49.6 Å². The van der Waals surface area contributed by atoms with E-state index in [4.69, 9.17) is 14.6 Å². The van der Waals surface area contributed by atoms with Crippen LogP contribution in [0, 0.1) is 5.92 Å². The van der Waals surface area contributed by atoms with E-state index in [0.29, 0.717) is 30.4 Å². The highest BCUT2D eigenvalue weighted by Gasteiger charge is 2.33. The summed E-state index contributed by atoms with van der Waals surface area (Å²) in [5, 5.41) is 11.6. The van der Waals surface area contributed by atoms with Gasteiger partial charge in [-0.2, -0.15) is 0 Å². The van der Waals surface area contributed by atoms with Crippen LogP contribution in [0.5, 0.6) is 5.75 Å². The molecule has 0 aliphatic carbocycles. The van der Waals surface area contributed by atoms with E-state index >= 15 is 0 Å². The molecular weight excluding hydrogens is 372 g/mol. The summed E-state index contributed by atoms with van der Waals surface area (Å²) < 4.78 is 11.8. The first-order chi connectivity index (χ1) is 13.6. The highest BCUT2D eigenvalue weighted by molar-refractivity contribution is 6.04. The predicted octanol–water partition coefficient (Wildman–Crippen LogP) is 3.92. The Kier molecular flexibility index (Phi) is 5.88. The maximum atomic E-state index is 12.8. The summed E-state index contributed by atoms with van der Waals surface area (Å²) >= 11 is 0. The zero-order valence-corrected chi connectivity index (χ0v) is 17.1. The van der Waals surface area contributed by atoms with Crippen LogP contribution < -0.4 is 10.1 Å². The van der Waals surface area contributed by atoms with Crippen molar-refractivity contribution in [2.75, 3.05) is 11.9 Å². The fourth-order valence-corrected chi connectivity index (χ4v) is 3.20. The van der Waals surface area contributed by atoms with Crippen LogP contribution in [0.15, 0.2) is 30.5 Å². The number of hydrogen-bond donors (Lipinski definition) is 2. The molecule has 154 valence electrons. The minimum Gasteiger partial charge on any atom is -0.487 e. The maximum absolute atomic E-state index is 12.8. The lowest BCUT2D eigenvalue weighted by Crippen LogP contribution is -2.24. The van der Waals surface area contributed by atoms with Crippen molar-refractivity contribution in [2.45, 2.75) is 46.3 Å². The number of carboxylic acids is 1. The van der Waals surface area contributed by atoms with Gasteiger partial charge in [0.2, 0.25) is 0 Å². The summed E-state index contributed by atoms with van der Waals surface area (Å²) in [6.07, 6.45) is 1.96. The third-order valence-corrected chi connectivity index (χ3v) is 4.51. The number of nitrogens with one attached hydrogen (secondary N) is 1. The van der Waals surface area contributed by atoms with Gasteiger partial charge in [-0.15, -0.1) is 0 Å². The third-order valence-electron chi connectivity index (χ3n) is 4.51. The smallest absolute Gasteiger partial charge is 0.337 e. The molecule has 0 saturated heterocycles. The molecule has 0 unspecified atom stereocenters. The summed E-state index contributed by atoms with van der Waals surface area (Å²) in [5.41, 5.74) is 2.17. The number of rotatable bonds is 7. The van der Waals surface area contributed by atoms with Crippen molar-refractivity contribution in [3.8, 4) is 5.75 Å². The number of anilines is 1. The number of nitrogens with zero attached hydrogens (tertiary/aromatic N) is 1. The molecule has 0 radical (unpaired) electrons. The number of carbonyl (C=O) groups excluding carboxylic acids is 1. The topological polar surface area (TPSA) is 97.8 Å². The van der Waals surface area contributed by atoms with E-state index in [1.54, 1.807) is 6.07 Å². The minimum atomic E-state index is -1.07. The van der Waals surface area contributed by atoms with Crippen LogP contribution in [-0.2, 0) is 17.8 Å². The number of aromatic nitrogens is 1. The van der Waals surface area contributed by atoms with Gasteiger partial charge in [0.25, 0.3) is 5.91 Å². The van der Waals surface area contributed by atoms with Crippen LogP contribution in [0.3, 0.4) is 0 Å². The van der Waals surface area contributed by atoms with E-state index in [1.807, 2.05) is 19.9 Å². The Labute approximate surface area is 170 Å². The number of carbonyl (C=O) groups is 2. The largest absolute Gasteiger partial charge is 0.487 e. The standard InChI is InChI=1S/C22H26N2O5/c1-13(2)11-28-12-16-7-15(8-18-17(16)9-22(3,4)29-18)20(25)24-19-6-5-14(10-23-19)21(26)27/h5-8,10,13H,9,11-12H2,1-4H3,(H,26,27)(H,23,24,25). The van der Waals surface area contributed by atoms with Crippen molar-refractivity contribution < 1.29 is 24.2 Å². The van der Waals surface area contributed by atoms with E-state index in [1.165, 1.54) is 18.3 Å². The number of pyridine rings is 1. The second-order valence-corrected chi connectivity index (χ2v) is 8.25. The molecule has 1 aromatic carbocycles. The molecule has 1 aromatic heterocycles. The van der Waals surface area contributed by atoms with Crippen LogP contribution in [0.4, 0.5) is 5.82 Å². The van der Waals surface area contributed by atoms with Gasteiger partial charge < -0.3 is 19.9 Å².